The molecule has 0 saturated carbocycles. The van der Waals surface area contributed by atoms with E-state index < -0.39 is 17.7 Å². The Morgan fingerprint density at radius 2 is 1.95 bits per heavy atom. The van der Waals surface area contributed by atoms with Gasteiger partial charge in [0.05, 0.1) is 12.1 Å². The van der Waals surface area contributed by atoms with Crippen molar-refractivity contribution >= 4 is 28.5 Å². The normalized spacial score (nSPS) is 11.5. The van der Waals surface area contributed by atoms with Crippen molar-refractivity contribution in [2.75, 3.05) is 4.90 Å². The Balaban J connectivity index is 3.07. The smallest absolute Gasteiger partial charge is 0.416 e. The van der Waals surface area contributed by atoms with Crippen LogP contribution in [0.1, 0.15) is 53.2 Å². The maximum absolute atomic E-state index is 12.5. The van der Waals surface area contributed by atoms with Gasteiger partial charge >= 0.3 is 12.1 Å². The van der Waals surface area contributed by atoms with E-state index in [4.69, 9.17) is 9.84 Å². The second-order valence-corrected chi connectivity index (χ2v) is 6.85. The first-order chi connectivity index (χ1) is 10.2. The van der Waals surface area contributed by atoms with E-state index in [1.165, 1.54) is 11.3 Å². The van der Waals surface area contributed by atoms with E-state index in [0.29, 0.717) is 10.8 Å². The number of aliphatic carboxylic acids is 1. The van der Waals surface area contributed by atoms with Gasteiger partial charge in [0, 0.05) is 11.4 Å². The third-order valence-electron chi connectivity index (χ3n) is 2.98. The molecule has 0 saturated heterocycles. The maximum Gasteiger partial charge on any atom is 0.416 e. The fraction of sp³-hybridized carbons (Fsp3) is 0.667. The zero-order valence-electron chi connectivity index (χ0n) is 13.8. The lowest BCUT2D eigenvalue weighted by Gasteiger charge is -2.30. The van der Waals surface area contributed by atoms with Crippen LogP contribution < -0.4 is 4.90 Å². The highest BCUT2D eigenvalue weighted by molar-refractivity contribution is 7.14. The Labute approximate surface area is 135 Å². The Kier molecular flexibility index (Phi) is 6.34. The number of rotatable bonds is 6. The number of ether oxygens (including phenoxy) is 1. The van der Waals surface area contributed by atoms with Crippen molar-refractivity contribution in [2.45, 2.75) is 65.5 Å². The monoisotopic (exact) mass is 328 g/mol. The molecule has 0 radical (unpaired) electrons. The fourth-order valence-corrected chi connectivity index (χ4v) is 2.88. The molecule has 1 N–H and O–H groups in total. The molecule has 6 nitrogen and oxygen atoms in total. The molecule has 1 aromatic rings. The number of aromatic nitrogens is 1. The Morgan fingerprint density at radius 1 is 1.36 bits per heavy atom. The van der Waals surface area contributed by atoms with E-state index in [-0.39, 0.29) is 12.5 Å². The second-order valence-electron chi connectivity index (χ2n) is 6.01. The molecule has 1 aromatic heterocycles. The summed E-state index contributed by atoms with van der Waals surface area (Å²) in [5.41, 5.74) is -0.144. The van der Waals surface area contributed by atoms with Crippen LogP contribution in [0.5, 0.6) is 0 Å². The molecule has 0 fully saturated rings. The molecular formula is C15H24N2O4S. The summed E-state index contributed by atoms with van der Waals surface area (Å²) in [5, 5.41) is 11.0. The number of nitrogens with zero attached hydrogens (tertiary/aromatic N) is 2. The topological polar surface area (TPSA) is 79.7 Å². The molecule has 0 unspecified atom stereocenters. The molecule has 0 aromatic carbocycles. The number of hydrogen-bond acceptors (Lipinski definition) is 5. The van der Waals surface area contributed by atoms with Gasteiger partial charge in [-0.05, 0) is 33.6 Å². The lowest BCUT2D eigenvalue weighted by atomic mass is 10.1. The number of anilines is 1. The van der Waals surface area contributed by atoms with Crippen molar-refractivity contribution in [1.29, 1.82) is 0 Å². The van der Waals surface area contributed by atoms with Crippen LogP contribution in [0.25, 0.3) is 0 Å². The molecule has 1 heterocycles. The third-order valence-corrected chi connectivity index (χ3v) is 3.86. The molecule has 0 spiro atoms. The van der Waals surface area contributed by atoms with Crippen LogP contribution in [0.2, 0.25) is 0 Å². The van der Waals surface area contributed by atoms with Crippen LogP contribution in [0.4, 0.5) is 9.93 Å². The first-order valence-corrected chi connectivity index (χ1v) is 8.24. The minimum absolute atomic E-state index is 0.0290. The number of carbonyl (C=O) groups excluding carboxylic acids is 1. The lowest BCUT2D eigenvalue weighted by molar-refractivity contribution is -0.136. The van der Waals surface area contributed by atoms with Gasteiger partial charge in [0.2, 0.25) is 0 Å². The largest absolute Gasteiger partial charge is 0.481 e. The molecule has 0 atom stereocenters. The number of carboxylic acid groups (broad SMARTS) is 1. The van der Waals surface area contributed by atoms with E-state index in [0.717, 1.165) is 12.8 Å². The predicted molar refractivity (Wildman–Crippen MR) is 86.5 cm³/mol. The summed E-state index contributed by atoms with van der Waals surface area (Å²) in [6.45, 7) is 9.43. The van der Waals surface area contributed by atoms with Crippen molar-refractivity contribution in [3.8, 4) is 0 Å². The van der Waals surface area contributed by atoms with Crippen molar-refractivity contribution in [2.24, 2.45) is 0 Å². The fourth-order valence-electron chi connectivity index (χ4n) is 1.99. The van der Waals surface area contributed by atoms with Gasteiger partial charge in [-0.15, -0.1) is 11.3 Å². The van der Waals surface area contributed by atoms with Gasteiger partial charge in [-0.2, -0.15) is 0 Å². The van der Waals surface area contributed by atoms with Crippen LogP contribution >= 0.6 is 11.3 Å². The SMILES string of the molecule is CCC(CC)N(C(=O)OC(C)(C)C)c1nc(CC(=O)O)cs1. The molecular weight excluding hydrogens is 304 g/mol. The summed E-state index contributed by atoms with van der Waals surface area (Å²) in [5.74, 6) is -0.941. The van der Waals surface area contributed by atoms with Crippen LogP contribution in [0, 0.1) is 0 Å². The van der Waals surface area contributed by atoms with Crippen LogP contribution in [-0.2, 0) is 16.0 Å². The van der Waals surface area contributed by atoms with Gasteiger partial charge in [-0.25, -0.2) is 14.7 Å². The summed E-state index contributed by atoms with van der Waals surface area (Å²) in [7, 11) is 0. The van der Waals surface area contributed by atoms with Gasteiger partial charge < -0.3 is 9.84 Å². The highest BCUT2D eigenvalue weighted by atomic mass is 32.1. The Bertz CT molecular complexity index is 518. The molecule has 1 amide bonds. The minimum Gasteiger partial charge on any atom is -0.481 e. The number of hydrogen-bond donors (Lipinski definition) is 1. The maximum atomic E-state index is 12.5. The quantitative estimate of drug-likeness (QED) is 0.861. The van der Waals surface area contributed by atoms with Gasteiger partial charge in [-0.3, -0.25) is 4.79 Å². The molecule has 0 aliphatic rings. The molecule has 0 bridgehead atoms. The van der Waals surface area contributed by atoms with Crippen LogP contribution in [0.3, 0.4) is 0 Å². The Morgan fingerprint density at radius 3 is 2.41 bits per heavy atom. The van der Waals surface area contributed by atoms with E-state index >= 15 is 0 Å². The van der Waals surface area contributed by atoms with Gasteiger partial charge in [0.25, 0.3) is 0 Å². The molecule has 0 aliphatic carbocycles. The van der Waals surface area contributed by atoms with Crippen molar-refractivity contribution in [3.05, 3.63) is 11.1 Å². The van der Waals surface area contributed by atoms with Crippen LogP contribution in [-0.4, -0.2) is 33.8 Å². The number of carboxylic acids is 1. The lowest BCUT2D eigenvalue weighted by Crippen LogP contribution is -2.43. The van der Waals surface area contributed by atoms with Gasteiger partial charge in [0.15, 0.2) is 5.13 Å². The minimum atomic E-state index is -0.941. The number of thiazole rings is 1. The molecule has 1 rings (SSSR count). The average Bonchev–Trinajstić information content (AvgIpc) is 2.80. The summed E-state index contributed by atoms with van der Waals surface area (Å²) < 4.78 is 5.47. The third kappa shape index (κ3) is 5.29. The Hall–Kier alpha value is -1.63. The van der Waals surface area contributed by atoms with Crippen molar-refractivity contribution in [1.82, 2.24) is 4.98 Å². The summed E-state index contributed by atoms with van der Waals surface area (Å²) in [6, 6.07) is -0.0290. The van der Waals surface area contributed by atoms with E-state index in [9.17, 15) is 9.59 Å². The van der Waals surface area contributed by atoms with Crippen molar-refractivity contribution in [3.63, 3.8) is 0 Å². The standard InChI is InChI=1S/C15H24N2O4S/c1-6-11(7-2)17(14(20)21-15(3,4)5)13-16-10(9-22-13)8-12(18)19/h9,11H,6-8H2,1-5H3,(H,18,19). The predicted octanol–water partition coefficient (Wildman–Crippen LogP) is 3.70. The summed E-state index contributed by atoms with van der Waals surface area (Å²) >= 11 is 1.26. The zero-order valence-corrected chi connectivity index (χ0v) is 14.6. The summed E-state index contributed by atoms with van der Waals surface area (Å²) in [6.07, 6.45) is 0.937. The van der Waals surface area contributed by atoms with Gasteiger partial charge in [0.1, 0.15) is 5.60 Å². The van der Waals surface area contributed by atoms with E-state index in [1.807, 2.05) is 34.6 Å². The summed E-state index contributed by atoms with van der Waals surface area (Å²) in [4.78, 5) is 29.1. The molecule has 0 aliphatic heterocycles. The molecule has 7 heteroatoms. The van der Waals surface area contributed by atoms with Crippen molar-refractivity contribution < 1.29 is 19.4 Å². The van der Waals surface area contributed by atoms with E-state index in [1.54, 1.807) is 10.3 Å². The first kappa shape index (κ1) is 18.4. The molecule has 22 heavy (non-hydrogen) atoms. The second kappa shape index (κ2) is 7.58. The van der Waals surface area contributed by atoms with Crippen LogP contribution in [0.15, 0.2) is 5.38 Å². The highest BCUT2D eigenvalue weighted by Gasteiger charge is 2.30. The first-order valence-electron chi connectivity index (χ1n) is 7.36. The molecule has 124 valence electrons. The highest BCUT2D eigenvalue weighted by Crippen LogP contribution is 2.27. The number of carbonyl (C=O) groups is 2. The van der Waals surface area contributed by atoms with E-state index in [2.05, 4.69) is 4.98 Å². The average molecular weight is 328 g/mol. The number of amides is 1. The zero-order chi connectivity index (χ0) is 16.9. The van der Waals surface area contributed by atoms with Gasteiger partial charge in [-0.1, -0.05) is 13.8 Å².